The Morgan fingerprint density at radius 3 is 2.96 bits per heavy atom. The van der Waals surface area contributed by atoms with Gasteiger partial charge in [0, 0.05) is 35.9 Å². The van der Waals surface area contributed by atoms with E-state index in [0.29, 0.717) is 19.1 Å². The van der Waals surface area contributed by atoms with Gasteiger partial charge >= 0.3 is 0 Å². The van der Waals surface area contributed by atoms with Crippen LogP contribution in [0, 0.1) is 0 Å². The van der Waals surface area contributed by atoms with E-state index in [1.165, 1.54) is 11.1 Å². The fourth-order valence-corrected chi connectivity index (χ4v) is 2.75. The van der Waals surface area contributed by atoms with E-state index >= 15 is 0 Å². The van der Waals surface area contributed by atoms with Crippen molar-refractivity contribution in [3.63, 3.8) is 0 Å². The number of hydrogen-bond donors (Lipinski definition) is 3. The highest BCUT2D eigenvalue weighted by Crippen LogP contribution is 2.16. The number of rotatable bonds is 8. The number of nitrogens with zero attached hydrogens (tertiary/aromatic N) is 4. The molecular formula is C17H25N7. The molecule has 128 valence electrons. The number of para-hydroxylation sites is 1. The van der Waals surface area contributed by atoms with Crippen LogP contribution >= 0.6 is 0 Å². The van der Waals surface area contributed by atoms with Crippen molar-refractivity contribution in [2.75, 3.05) is 0 Å². The van der Waals surface area contributed by atoms with Gasteiger partial charge in [-0.1, -0.05) is 23.4 Å². The number of hydrogen-bond acceptors (Lipinski definition) is 5. The number of aryl methyl sites for hydroxylation is 1. The molecule has 4 N–H and O–H groups in total. The molecule has 7 nitrogen and oxygen atoms in total. The Balaban J connectivity index is 1.47. The van der Waals surface area contributed by atoms with Gasteiger partial charge in [-0.15, -0.1) is 5.10 Å². The minimum atomic E-state index is 0.0793. The zero-order valence-electron chi connectivity index (χ0n) is 14.2. The second-order valence-electron chi connectivity index (χ2n) is 6.45. The van der Waals surface area contributed by atoms with E-state index in [2.05, 4.69) is 44.9 Å². The van der Waals surface area contributed by atoms with Gasteiger partial charge in [0.2, 0.25) is 0 Å². The maximum atomic E-state index is 5.77. The van der Waals surface area contributed by atoms with Crippen molar-refractivity contribution in [3.8, 4) is 0 Å². The van der Waals surface area contributed by atoms with Gasteiger partial charge in [-0.2, -0.15) is 5.10 Å². The quantitative estimate of drug-likeness (QED) is 0.584. The van der Waals surface area contributed by atoms with E-state index in [9.17, 15) is 0 Å². The second kappa shape index (κ2) is 7.55. The fourth-order valence-electron chi connectivity index (χ4n) is 2.75. The van der Waals surface area contributed by atoms with Gasteiger partial charge < -0.3 is 11.1 Å². The largest absolute Gasteiger partial charge is 0.326 e. The molecule has 2 aromatic heterocycles. The van der Waals surface area contributed by atoms with Gasteiger partial charge in [0.15, 0.2) is 0 Å². The van der Waals surface area contributed by atoms with Crippen LogP contribution in [0.5, 0.6) is 0 Å². The highest BCUT2D eigenvalue weighted by molar-refractivity contribution is 5.81. The Kier molecular flexibility index (Phi) is 5.22. The van der Waals surface area contributed by atoms with Gasteiger partial charge in [0.05, 0.1) is 17.8 Å². The lowest BCUT2D eigenvalue weighted by Crippen LogP contribution is -2.26. The maximum absolute atomic E-state index is 5.77. The first-order valence-electron chi connectivity index (χ1n) is 8.42. The molecule has 3 rings (SSSR count). The van der Waals surface area contributed by atoms with Crippen molar-refractivity contribution < 1.29 is 0 Å². The predicted molar refractivity (Wildman–Crippen MR) is 94.4 cm³/mol. The molecule has 2 heterocycles. The summed E-state index contributed by atoms with van der Waals surface area (Å²) in [6.07, 6.45) is 3.94. The van der Waals surface area contributed by atoms with Crippen LogP contribution in [0.4, 0.5) is 0 Å². The third kappa shape index (κ3) is 4.18. The third-order valence-electron chi connectivity index (χ3n) is 4.06. The third-order valence-corrected chi connectivity index (χ3v) is 4.06. The van der Waals surface area contributed by atoms with E-state index < -0.39 is 0 Å². The molecule has 0 radical (unpaired) electrons. The van der Waals surface area contributed by atoms with Gasteiger partial charge in [0.25, 0.3) is 0 Å². The second-order valence-corrected chi connectivity index (χ2v) is 6.45. The Bertz CT molecular complexity index is 774. The normalized spacial score (nSPS) is 14.1. The Hall–Kier alpha value is -2.25. The summed E-state index contributed by atoms with van der Waals surface area (Å²) >= 11 is 0. The number of nitrogens with one attached hydrogen (secondary N) is 2. The topological polar surface area (TPSA) is 97.4 Å². The zero-order chi connectivity index (χ0) is 16.9. The number of nitrogens with two attached hydrogens (primary N) is 1. The summed E-state index contributed by atoms with van der Waals surface area (Å²) in [4.78, 5) is 0. The number of H-pyrrole nitrogens is 1. The number of fused-ring (bicyclic) bond motifs is 1. The number of aromatic nitrogens is 5. The van der Waals surface area contributed by atoms with Gasteiger partial charge in [-0.3, -0.25) is 9.78 Å². The van der Waals surface area contributed by atoms with Crippen LogP contribution in [0.3, 0.4) is 0 Å². The highest BCUT2D eigenvalue weighted by Gasteiger charge is 2.09. The van der Waals surface area contributed by atoms with Crippen LogP contribution in [0.1, 0.15) is 31.7 Å². The van der Waals surface area contributed by atoms with Crippen LogP contribution in [-0.2, 0) is 19.5 Å². The van der Waals surface area contributed by atoms with Crippen LogP contribution < -0.4 is 11.1 Å². The average Bonchev–Trinajstić information content (AvgIpc) is 3.17. The van der Waals surface area contributed by atoms with Crippen molar-refractivity contribution >= 4 is 10.9 Å². The molecule has 0 spiro atoms. The molecule has 1 aromatic carbocycles. The SMILES string of the molecule is CC(CCc1[nH]nc2ccccc12)NCc1cn(C[C@H](C)N)nn1. The molecule has 2 atom stereocenters. The van der Waals surface area contributed by atoms with E-state index in [-0.39, 0.29) is 6.04 Å². The van der Waals surface area contributed by atoms with Crippen molar-refractivity contribution in [2.24, 2.45) is 5.73 Å². The summed E-state index contributed by atoms with van der Waals surface area (Å²) in [5.41, 5.74) is 8.93. The summed E-state index contributed by atoms with van der Waals surface area (Å²) in [7, 11) is 0. The molecule has 24 heavy (non-hydrogen) atoms. The average molecular weight is 327 g/mol. The van der Waals surface area contributed by atoms with Crippen molar-refractivity contribution in [2.45, 2.75) is 51.9 Å². The number of benzene rings is 1. The summed E-state index contributed by atoms with van der Waals surface area (Å²) < 4.78 is 1.79. The molecule has 7 heteroatoms. The van der Waals surface area contributed by atoms with Crippen molar-refractivity contribution in [3.05, 3.63) is 41.9 Å². The standard InChI is InChI=1S/C17H25N7/c1-12(18)10-24-11-14(20-23-24)9-19-13(2)7-8-17-15-5-3-4-6-16(15)21-22-17/h3-6,11-13,19H,7-10,18H2,1-2H3,(H,21,22)/t12-,13?/m0/s1. The zero-order valence-corrected chi connectivity index (χ0v) is 14.2. The molecule has 3 aromatic rings. The van der Waals surface area contributed by atoms with Crippen LogP contribution in [0.2, 0.25) is 0 Å². The van der Waals surface area contributed by atoms with E-state index in [4.69, 9.17) is 5.73 Å². The molecule has 0 aliphatic carbocycles. The Morgan fingerprint density at radius 1 is 1.29 bits per heavy atom. The van der Waals surface area contributed by atoms with Crippen molar-refractivity contribution in [1.82, 2.24) is 30.5 Å². The van der Waals surface area contributed by atoms with Crippen LogP contribution in [-0.4, -0.2) is 37.3 Å². The first kappa shape index (κ1) is 16.6. The molecular weight excluding hydrogens is 302 g/mol. The van der Waals surface area contributed by atoms with Crippen molar-refractivity contribution in [1.29, 1.82) is 0 Å². The lowest BCUT2D eigenvalue weighted by atomic mass is 10.1. The van der Waals surface area contributed by atoms with Gasteiger partial charge in [-0.05, 0) is 32.8 Å². The summed E-state index contributed by atoms with van der Waals surface area (Å²) in [6.45, 7) is 5.55. The number of aromatic amines is 1. The molecule has 0 saturated carbocycles. The first-order chi connectivity index (χ1) is 11.6. The highest BCUT2D eigenvalue weighted by atomic mass is 15.4. The monoisotopic (exact) mass is 327 g/mol. The Morgan fingerprint density at radius 2 is 2.12 bits per heavy atom. The van der Waals surface area contributed by atoms with E-state index in [0.717, 1.165) is 24.1 Å². The molecule has 0 aliphatic heterocycles. The molecule has 1 unspecified atom stereocenters. The molecule has 0 saturated heterocycles. The minimum Gasteiger partial charge on any atom is -0.326 e. The summed E-state index contributed by atoms with van der Waals surface area (Å²) in [5.74, 6) is 0. The first-order valence-corrected chi connectivity index (χ1v) is 8.42. The Labute approximate surface area is 141 Å². The molecule has 0 aliphatic rings. The molecule has 0 bridgehead atoms. The molecule has 0 amide bonds. The van der Waals surface area contributed by atoms with Gasteiger partial charge in [0.1, 0.15) is 0 Å². The molecule has 0 fully saturated rings. The summed E-state index contributed by atoms with van der Waals surface area (Å²) in [5, 5.41) is 20.5. The lowest BCUT2D eigenvalue weighted by Gasteiger charge is -2.12. The minimum absolute atomic E-state index is 0.0793. The summed E-state index contributed by atoms with van der Waals surface area (Å²) in [6, 6.07) is 8.66. The van der Waals surface area contributed by atoms with Gasteiger partial charge in [-0.25, -0.2) is 0 Å². The maximum Gasteiger partial charge on any atom is 0.0964 e. The predicted octanol–water partition coefficient (Wildman–Crippen LogP) is 1.61. The fraction of sp³-hybridized carbons (Fsp3) is 0.471. The smallest absolute Gasteiger partial charge is 0.0964 e. The van der Waals surface area contributed by atoms with Crippen LogP contribution in [0.15, 0.2) is 30.5 Å². The van der Waals surface area contributed by atoms with E-state index in [1.807, 2.05) is 25.3 Å². The van der Waals surface area contributed by atoms with Crippen LogP contribution in [0.25, 0.3) is 10.9 Å². The van der Waals surface area contributed by atoms with E-state index in [1.54, 1.807) is 4.68 Å². The lowest BCUT2D eigenvalue weighted by molar-refractivity contribution is 0.507.